The Kier molecular flexibility index (Phi) is 3.07. The van der Waals surface area contributed by atoms with E-state index in [-0.39, 0.29) is 6.61 Å². The zero-order valence-corrected chi connectivity index (χ0v) is 9.35. The third-order valence-corrected chi connectivity index (χ3v) is 3.15. The SMILES string of the molecule is C[C@H]1CN(c2cc(Cl)ncn2)C[C@@H]1CO. The monoisotopic (exact) mass is 227 g/mol. The maximum Gasteiger partial charge on any atom is 0.134 e. The first-order valence-corrected chi connectivity index (χ1v) is 5.42. The number of aliphatic hydroxyl groups is 1. The zero-order chi connectivity index (χ0) is 10.8. The van der Waals surface area contributed by atoms with Crippen LogP contribution < -0.4 is 4.90 Å². The topological polar surface area (TPSA) is 49.2 Å². The molecule has 0 radical (unpaired) electrons. The van der Waals surface area contributed by atoms with Crippen molar-refractivity contribution >= 4 is 17.4 Å². The molecular formula is C10H14ClN3O. The van der Waals surface area contributed by atoms with Gasteiger partial charge in [-0.05, 0) is 5.92 Å². The molecule has 2 atom stereocenters. The summed E-state index contributed by atoms with van der Waals surface area (Å²) in [6.45, 7) is 4.13. The summed E-state index contributed by atoms with van der Waals surface area (Å²) in [5.74, 6) is 1.67. The van der Waals surface area contributed by atoms with Crippen molar-refractivity contribution in [2.75, 3.05) is 24.6 Å². The second kappa shape index (κ2) is 4.33. The van der Waals surface area contributed by atoms with Crippen molar-refractivity contribution in [1.82, 2.24) is 9.97 Å². The normalized spacial score (nSPS) is 25.9. The lowest BCUT2D eigenvalue weighted by Crippen LogP contribution is -2.21. The average molecular weight is 228 g/mol. The van der Waals surface area contributed by atoms with Gasteiger partial charge in [0.1, 0.15) is 17.3 Å². The van der Waals surface area contributed by atoms with Crippen LogP contribution in [0.25, 0.3) is 0 Å². The van der Waals surface area contributed by atoms with Crippen LogP contribution in [0.15, 0.2) is 12.4 Å². The van der Waals surface area contributed by atoms with Crippen molar-refractivity contribution in [3.8, 4) is 0 Å². The minimum Gasteiger partial charge on any atom is -0.396 e. The van der Waals surface area contributed by atoms with Crippen LogP contribution >= 0.6 is 11.6 Å². The predicted molar refractivity (Wildman–Crippen MR) is 59.0 cm³/mol. The summed E-state index contributed by atoms with van der Waals surface area (Å²) in [6, 6.07) is 1.76. The fraction of sp³-hybridized carbons (Fsp3) is 0.600. The minimum absolute atomic E-state index is 0.233. The van der Waals surface area contributed by atoms with Gasteiger partial charge in [0.15, 0.2) is 0 Å². The lowest BCUT2D eigenvalue weighted by Gasteiger charge is -2.16. The van der Waals surface area contributed by atoms with Crippen LogP contribution in [-0.4, -0.2) is 34.8 Å². The van der Waals surface area contributed by atoms with Gasteiger partial charge in [-0.2, -0.15) is 0 Å². The molecule has 4 nitrogen and oxygen atoms in total. The number of aliphatic hydroxyl groups excluding tert-OH is 1. The van der Waals surface area contributed by atoms with Crippen molar-refractivity contribution < 1.29 is 5.11 Å². The second-order valence-corrected chi connectivity index (χ2v) is 4.41. The van der Waals surface area contributed by atoms with Gasteiger partial charge in [0.05, 0.1) is 0 Å². The van der Waals surface area contributed by atoms with E-state index in [1.807, 2.05) is 0 Å². The minimum atomic E-state index is 0.233. The van der Waals surface area contributed by atoms with E-state index in [9.17, 15) is 5.11 Å². The number of rotatable bonds is 2. The van der Waals surface area contributed by atoms with E-state index in [0.717, 1.165) is 18.9 Å². The van der Waals surface area contributed by atoms with E-state index >= 15 is 0 Å². The number of nitrogens with zero attached hydrogens (tertiary/aromatic N) is 3. The van der Waals surface area contributed by atoms with Crippen molar-refractivity contribution in [1.29, 1.82) is 0 Å². The zero-order valence-electron chi connectivity index (χ0n) is 8.60. The molecule has 0 saturated carbocycles. The number of anilines is 1. The molecule has 0 unspecified atom stereocenters. The molecule has 1 saturated heterocycles. The summed E-state index contributed by atoms with van der Waals surface area (Å²) >= 11 is 5.80. The van der Waals surface area contributed by atoms with E-state index in [2.05, 4.69) is 21.8 Å². The molecule has 0 amide bonds. The first-order chi connectivity index (χ1) is 7.20. The third kappa shape index (κ3) is 2.21. The van der Waals surface area contributed by atoms with Gasteiger partial charge in [-0.3, -0.25) is 0 Å². The molecular weight excluding hydrogens is 214 g/mol. The number of hydrogen-bond acceptors (Lipinski definition) is 4. The van der Waals surface area contributed by atoms with Crippen molar-refractivity contribution in [3.05, 3.63) is 17.5 Å². The summed E-state index contributed by atoms with van der Waals surface area (Å²) in [7, 11) is 0. The van der Waals surface area contributed by atoms with E-state index in [0.29, 0.717) is 17.0 Å². The number of aromatic nitrogens is 2. The lowest BCUT2D eigenvalue weighted by atomic mass is 10.00. The molecule has 1 aliphatic heterocycles. The van der Waals surface area contributed by atoms with Gasteiger partial charge in [0.25, 0.3) is 0 Å². The van der Waals surface area contributed by atoms with Crippen LogP contribution in [-0.2, 0) is 0 Å². The molecule has 5 heteroatoms. The Morgan fingerprint density at radius 3 is 2.93 bits per heavy atom. The van der Waals surface area contributed by atoms with E-state index in [1.165, 1.54) is 6.33 Å². The third-order valence-electron chi connectivity index (χ3n) is 2.95. The first kappa shape index (κ1) is 10.6. The fourth-order valence-electron chi connectivity index (χ4n) is 1.96. The summed E-state index contributed by atoms with van der Waals surface area (Å²) in [5, 5.41) is 9.63. The fourth-order valence-corrected chi connectivity index (χ4v) is 2.10. The standard InChI is InChI=1S/C10H14ClN3O/c1-7-3-14(4-8(7)5-15)10-2-9(11)12-6-13-10/h2,6-8,15H,3-5H2,1H3/t7-,8+/m0/s1. The van der Waals surface area contributed by atoms with E-state index < -0.39 is 0 Å². The molecule has 2 rings (SSSR count). The van der Waals surface area contributed by atoms with Gasteiger partial charge in [-0.25, -0.2) is 9.97 Å². The first-order valence-electron chi connectivity index (χ1n) is 5.04. The maximum absolute atomic E-state index is 9.17. The van der Waals surface area contributed by atoms with Crippen LogP contribution in [0.4, 0.5) is 5.82 Å². The Balaban J connectivity index is 2.13. The summed E-state index contributed by atoms with van der Waals surface area (Å²) in [6.07, 6.45) is 1.47. The summed E-state index contributed by atoms with van der Waals surface area (Å²) in [5.41, 5.74) is 0. The average Bonchev–Trinajstić information content (AvgIpc) is 2.60. The summed E-state index contributed by atoms with van der Waals surface area (Å²) in [4.78, 5) is 10.2. The van der Waals surface area contributed by atoms with Crippen molar-refractivity contribution in [2.45, 2.75) is 6.92 Å². The highest BCUT2D eigenvalue weighted by Gasteiger charge is 2.29. The van der Waals surface area contributed by atoms with Gasteiger partial charge >= 0.3 is 0 Å². The highest BCUT2D eigenvalue weighted by atomic mass is 35.5. The van der Waals surface area contributed by atoms with Crippen molar-refractivity contribution in [2.24, 2.45) is 11.8 Å². The lowest BCUT2D eigenvalue weighted by molar-refractivity contribution is 0.212. The second-order valence-electron chi connectivity index (χ2n) is 4.02. The molecule has 82 valence electrons. The Bertz CT molecular complexity index is 347. The van der Waals surface area contributed by atoms with Gasteiger partial charge in [0.2, 0.25) is 0 Å². The number of hydrogen-bond donors (Lipinski definition) is 1. The molecule has 1 aromatic heterocycles. The highest BCUT2D eigenvalue weighted by molar-refractivity contribution is 6.29. The predicted octanol–water partition coefficient (Wildman–Crippen LogP) is 1.19. The molecule has 0 aliphatic carbocycles. The molecule has 0 aromatic carbocycles. The molecule has 2 heterocycles. The van der Waals surface area contributed by atoms with Gasteiger partial charge in [-0.1, -0.05) is 18.5 Å². The molecule has 0 bridgehead atoms. The Labute approximate surface area is 93.9 Å². The highest BCUT2D eigenvalue weighted by Crippen LogP contribution is 2.26. The van der Waals surface area contributed by atoms with E-state index in [4.69, 9.17) is 11.6 Å². The van der Waals surface area contributed by atoms with E-state index in [1.54, 1.807) is 6.07 Å². The van der Waals surface area contributed by atoms with Gasteiger partial charge in [0, 0.05) is 31.7 Å². The quantitative estimate of drug-likeness (QED) is 0.772. The molecule has 1 N–H and O–H groups in total. The summed E-state index contributed by atoms with van der Waals surface area (Å²) < 4.78 is 0. The number of halogens is 1. The van der Waals surface area contributed by atoms with Crippen LogP contribution in [0.5, 0.6) is 0 Å². The Hall–Kier alpha value is -0.870. The van der Waals surface area contributed by atoms with Crippen molar-refractivity contribution in [3.63, 3.8) is 0 Å². The Morgan fingerprint density at radius 2 is 2.33 bits per heavy atom. The van der Waals surface area contributed by atoms with Gasteiger partial charge < -0.3 is 10.0 Å². The van der Waals surface area contributed by atoms with Gasteiger partial charge in [-0.15, -0.1) is 0 Å². The molecule has 15 heavy (non-hydrogen) atoms. The smallest absolute Gasteiger partial charge is 0.134 e. The molecule has 1 fully saturated rings. The molecule has 1 aliphatic rings. The van der Waals surface area contributed by atoms with Crippen LogP contribution in [0.1, 0.15) is 6.92 Å². The van der Waals surface area contributed by atoms with Crippen LogP contribution in [0.2, 0.25) is 5.15 Å². The van der Waals surface area contributed by atoms with Crippen LogP contribution in [0.3, 0.4) is 0 Å². The molecule has 0 spiro atoms. The Morgan fingerprint density at radius 1 is 1.53 bits per heavy atom. The van der Waals surface area contributed by atoms with Crippen LogP contribution in [0, 0.1) is 11.8 Å². The maximum atomic E-state index is 9.17. The molecule has 1 aromatic rings. The largest absolute Gasteiger partial charge is 0.396 e.